The highest BCUT2D eigenvalue weighted by atomic mass is 16.3. The Morgan fingerprint density at radius 2 is 1.55 bits per heavy atom. The number of likely N-dealkylation sites (N-methyl/N-ethyl adjacent to an activating group) is 2. The van der Waals surface area contributed by atoms with Crippen LogP contribution in [0.1, 0.15) is 31.9 Å². The molecule has 0 aromatic heterocycles. The molecule has 4 nitrogen and oxygen atoms in total. The van der Waals surface area contributed by atoms with Gasteiger partial charge in [-0.05, 0) is 38.7 Å². The van der Waals surface area contributed by atoms with Crippen LogP contribution in [0.3, 0.4) is 0 Å². The molecule has 22 heavy (non-hydrogen) atoms. The maximum atomic E-state index is 10.7. The molecular weight excluding hydrogens is 274 g/mol. The van der Waals surface area contributed by atoms with Crippen molar-refractivity contribution in [3.05, 3.63) is 23.3 Å². The van der Waals surface area contributed by atoms with E-state index >= 15 is 0 Å². The van der Waals surface area contributed by atoms with Gasteiger partial charge in [0.2, 0.25) is 0 Å². The van der Waals surface area contributed by atoms with Crippen LogP contribution in [0.15, 0.2) is 12.1 Å². The average molecular weight is 307 g/mol. The summed E-state index contributed by atoms with van der Waals surface area (Å²) < 4.78 is 0. The molecule has 1 rings (SSSR count). The Morgan fingerprint density at radius 3 is 2.00 bits per heavy atom. The topological polar surface area (TPSA) is 30.0 Å². The molecule has 0 radical (unpaired) electrons. The lowest BCUT2D eigenvalue weighted by Crippen LogP contribution is -2.28. The van der Waals surface area contributed by atoms with Crippen LogP contribution in [-0.2, 0) is 12.0 Å². The molecule has 0 saturated heterocycles. The molecule has 0 fully saturated rings. The highest BCUT2D eigenvalue weighted by molar-refractivity contribution is 5.58. The second-order valence-electron chi connectivity index (χ2n) is 7.69. The molecule has 0 atom stereocenters. The molecule has 0 aliphatic rings. The van der Waals surface area contributed by atoms with Crippen molar-refractivity contribution in [1.82, 2.24) is 9.80 Å². The number of phenols is 1. The lowest BCUT2D eigenvalue weighted by atomic mass is 9.84. The Morgan fingerprint density at radius 1 is 0.955 bits per heavy atom. The van der Waals surface area contributed by atoms with E-state index in [-0.39, 0.29) is 5.41 Å². The summed E-state index contributed by atoms with van der Waals surface area (Å²) >= 11 is 0. The Kier molecular flexibility index (Phi) is 6.27. The van der Waals surface area contributed by atoms with Crippen LogP contribution in [0, 0.1) is 0 Å². The molecule has 0 spiro atoms. The fraction of sp³-hybridized carbons (Fsp3) is 0.667. The van der Waals surface area contributed by atoms with Gasteiger partial charge in [-0.1, -0.05) is 20.8 Å². The third kappa shape index (κ3) is 5.18. The van der Waals surface area contributed by atoms with E-state index in [4.69, 9.17) is 0 Å². The van der Waals surface area contributed by atoms with Gasteiger partial charge in [0.05, 0.1) is 0 Å². The van der Waals surface area contributed by atoms with Crippen LogP contribution < -0.4 is 4.90 Å². The first-order chi connectivity index (χ1) is 10.0. The molecule has 1 N–H and O–H groups in total. The summed E-state index contributed by atoms with van der Waals surface area (Å²) in [6, 6.07) is 4.19. The summed E-state index contributed by atoms with van der Waals surface area (Å²) in [5.74, 6) is 0.440. The molecule has 1 aromatic rings. The average Bonchev–Trinajstić information content (AvgIpc) is 2.37. The predicted octanol–water partition coefficient (Wildman–Crippen LogP) is 2.75. The highest BCUT2D eigenvalue weighted by Crippen LogP contribution is 2.37. The third-order valence-corrected chi connectivity index (χ3v) is 3.87. The Hall–Kier alpha value is -1.26. The smallest absolute Gasteiger partial charge is 0.123 e. The van der Waals surface area contributed by atoms with Gasteiger partial charge in [-0.25, -0.2) is 0 Å². The van der Waals surface area contributed by atoms with Gasteiger partial charge in [-0.15, -0.1) is 0 Å². The lowest BCUT2D eigenvalue weighted by molar-refractivity contribution is 0.273. The summed E-state index contributed by atoms with van der Waals surface area (Å²) in [4.78, 5) is 6.52. The molecule has 0 bridgehead atoms. The molecule has 0 amide bonds. The van der Waals surface area contributed by atoms with Crippen LogP contribution in [0.5, 0.6) is 5.75 Å². The van der Waals surface area contributed by atoms with Gasteiger partial charge in [-0.2, -0.15) is 0 Å². The summed E-state index contributed by atoms with van der Waals surface area (Å²) in [5.41, 5.74) is 3.07. The Labute approximate surface area is 136 Å². The van der Waals surface area contributed by atoms with Crippen molar-refractivity contribution < 1.29 is 5.11 Å². The van der Waals surface area contributed by atoms with E-state index in [2.05, 4.69) is 68.7 Å². The molecule has 0 saturated carbocycles. The van der Waals surface area contributed by atoms with E-state index in [0.717, 1.165) is 36.4 Å². The fourth-order valence-corrected chi connectivity index (χ4v) is 2.37. The number of hydrogen-bond acceptors (Lipinski definition) is 4. The van der Waals surface area contributed by atoms with Crippen LogP contribution >= 0.6 is 0 Å². The zero-order chi connectivity index (χ0) is 17.1. The van der Waals surface area contributed by atoms with Gasteiger partial charge in [0, 0.05) is 50.5 Å². The van der Waals surface area contributed by atoms with E-state index < -0.39 is 0 Å². The summed E-state index contributed by atoms with van der Waals surface area (Å²) in [6.07, 6.45) is 0. The normalized spacial score (nSPS) is 12.3. The second-order valence-corrected chi connectivity index (χ2v) is 7.69. The van der Waals surface area contributed by atoms with E-state index in [9.17, 15) is 5.11 Å². The zero-order valence-corrected chi connectivity index (χ0v) is 15.6. The minimum absolute atomic E-state index is 0.0763. The van der Waals surface area contributed by atoms with E-state index in [1.54, 1.807) is 0 Å². The highest BCUT2D eigenvalue weighted by Gasteiger charge is 2.22. The van der Waals surface area contributed by atoms with E-state index in [1.807, 2.05) is 14.1 Å². The quantitative estimate of drug-likeness (QED) is 0.875. The predicted molar refractivity (Wildman–Crippen MR) is 96.0 cm³/mol. The van der Waals surface area contributed by atoms with Crippen molar-refractivity contribution in [2.45, 2.75) is 32.7 Å². The Balaban J connectivity index is 3.10. The van der Waals surface area contributed by atoms with Crippen molar-refractivity contribution in [3.8, 4) is 5.75 Å². The van der Waals surface area contributed by atoms with Gasteiger partial charge in [-0.3, -0.25) is 0 Å². The summed E-state index contributed by atoms with van der Waals surface area (Å²) in [7, 11) is 10.3. The number of hydrogen-bond donors (Lipinski definition) is 1. The molecule has 0 unspecified atom stereocenters. The van der Waals surface area contributed by atoms with Crippen molar-refractivity contribution in [2.24, 2.45) is 0 Å². The first-order valence-corrected chi connectivity index (χ1v) is 7.89. The van der Waals surface area contributed by atoms with Crippen molar-refractivity contribution in [3.63, 3.8) is 0 Å². The fourth-order valence-electron chi connectivity index (χ4n) is 2.37. The molecular formula is C18H33N3O. The van der Waals surface area contributed by atoms with Crippen LogP contribution in [0.25, 0.3) is 0 Å². The number of benzene rings is 1. The zero-order valence-electron chi connectivity index (χ0n) is 15.6. The van der Waals surface area contributed by atoms with Gasteiger partial charge < -0.3 is 19.8 Å². The summed E-state index contributed by atoms with van der Waals surface area (Å²) in [6.45, 7) is 9.16. The maximum absolute atomic E-state index is 10.7. The Bertz CT molecular complexity index is 490. The van der Waals surface area contributed by atoms with E-state index in [1.165, 1.54) is 0 Å². The summed E-state index contributed by atoms with van der Waals surface area (Å²) in [5, 5.41) is 10.7. The first-order valence-electron chi connectivity index (χ1n) is 7.89. The lowest BCUT2D eigenvalue weighted by Gasteiger charge is -2.27. The van der Waals surface area contributed by atoms with Crippen molar-refractivity contribution in [2.75, 3.05) is 53.2 Å². The molecule has 126 valence electrons. The van der Waals surface area contributed by atoms with E-state index in [0.29, 0.717) is 5.75 Å². The molecule has 0 heterocycles. The number of aromatic hydroxyl groups is 1. The van der Waals surface area contributed by atoms with Crippen LogP contribution in [0.4, 0.5) is 5.69 Å². The number of rotatable bonds is 6. The van der Waals surface area contributed by atoms with Gasteiger partial charge in [0.15, 0.2) is 0 Å². The third-order valence-electron chi connectivity index (χ3n) is 3.87. The van der Waals surface area contributed by atoms with Crippen molar-refractivity contribution >= 4 is 5.69 Å². The SMILES string of the molecule is CN(C)CCN(C)Cc1cc(N(C)C)cc(C(C)(C)C)c1O. The van der Waals surface area contributed by atoms with Gasteiger partial charge in [0.25, 0.3) is 0 Å². The number of anilines is 1. The molecule has 0 aliphatic carbocycles. The second kappa shape index (κ2) is 7.34. The van der Waals surface area contributed by atoms with Gasteiger partial charge >= 0.3 is 0 Å². The monoisotopic (exact) mass is 307 g/mol. The molecule has 4 heteroatoms. The van der Waals surface area contributed by atoms with Crippen LogP contribution in [0.2, 0.25) is 0 Å². The molecule has 1 aromatic carbocycles. The maximum Gasteiger partial charge on any atom is 0.123 e. The minimum atomic E-state index is -0.0763. The minimum Gasteiger partial charge on any atom is -0.507 e. The standard InChI is InChI=1S/C18H33N3O/c1-18(2,3)16-12-15(20(6)7)11-14(17(16)22)13-21(8)10-9-19(4)5/h11-12,22H,9-10,13H2,1-8H3. The number of phenolic OH excluding ortho intramolecular Hbond substituents is 1. The largest absolute Gasteiger partial charge is 0.507 e. The first kappa shape index (κ1) is 18.8. The van der Waals surface area contributed by atoms with Crippen LogP contribution in [-0.4, -0.2) is 63.2 Å². The number of nitrogens with zero attached hydrogens (tertiary/aromatic N) is 3. The molecule has 0 aliphatic heterocycles. The van der Waals surface area contributed by atoms with Crippen molar-refractivity contribution in [1.29, 1.82) is 0 Å². The van der Waals surface area contributed by atoms with Gasteiger partial charge in [0.1, 0.15) is 5.75 Å².